The smallest absolute Gasteiger partial charge is 0.490 e. The molecule has 37 heavy (non-hydrogen) atoms. The Kier molecular flexibility index (Phi) is 12.4. The standard InChI is InChI=1S/C24H32ClN3OS.C2HF3O2/c1-4-6-8-9-15-30-21-12-10-18(16-20(21)29-3)23-24(26-14-7-5-2)28-17-19(25)11-13-22(28)27-23;3-2(4,5)1(6)7/h10-13,16-17,26H,4-9,14-15H2,1-3H3;(H,6,7). The lowest BCUT2D eigenvalue weighted by atomic mass is 10.1. The molecule has 0 saturated heterocycles. The summed E-state index contributed by atoms with van der Waals surface area (Å²) in [6.45, 7) is 5.33. The highest BCUT2D eigenvalue weighted by Gasteiger charge is 2.38. The maximum absolute atomic E-state index is 10.6. The summed E-state index contributed by atoms with van der Waals surface area (Å²) in [7, 11) is 1.74. The SMILES string of the molecule is CCCCCCSc1ccc(-c2nc3ccc(Cl)cn3c2NCCCC)cc1OC.O=C(O)C(F)(F)F. The summed E-state index contributed by atoms with van der Waals surface area (Å²) in [6.07, 6.45) is 4.17. The van der Waals surface area contributed by atoms with E-state index < -0.39 is 12.1 Å². The van der Waals surface area contributed by atoms with Gasteiger partial charge in [0.15, 0.2) is 0 Å². The molecule has 0 aliphatic carbocycles. The Morgan fingerprint density at radius 1 is 1.14 bits per heavy atom. The van der Waals surface area contributed by atoms with Gasteiger partial charge in [-0.3, -0.25) is 4.40 Å². The summed E-state index contributed by atoms with van der Waals surface area (Å²) in [5.41, 5.74) is 2.84. The molecule has 0 radical (unpaired) electrons. The molecule has 2 heterocycles. The van der Waals surface area contributed by atoms with Gasteiger partial charge in [-0.05, 0) is 42.9 Å². The van der Waals surface area contributed by atoms with Gasteiger partial charge in [0.25, 0.3) is 0 Å². The molecule has 0 fully saturated rings. The van der Waals surface area contributed by atoms with Crippen molar-refractivity contribution in [3.63, 3.8) is 0 Å². The summed E-state index contributed by atoms with van der Waals surface area (Å²) in [5, 5.41) is 11.4. The number of aromatic nitrogens is 2. The molecule has 6 nitrogen and oxygen atoms in total. The zero-order valence-corrected chi connectivity index (χ0v) is 22.8. The van der Waals surface area contributed by atoms with Crippen LogP contribution in [0.1, 0.15) is 52.4 Å². The number of fused-ring (bicyclic) bond motifs is 1. The van der Waals surface area contributed by atoms with E-state index in [0.717, 1.165) is 53.6 Å². The predicted octanol–water partition coefficient (Wildman–Crippen LogP) is 8.18. The van der Waals surface area contributed by atoms with Gasteiger partial charge in [-0.15, -0.1) is 11.8 Å². The maximum Gasteiger partial charge on any atom is 0.490 e. The molecule has 2 N–H and O–H groups in total. The summed E-state index contributed by atoms with van der Waals surface area (Å²) >= 11 is 8.13. The zero-order valence-electron chi connectivity index (χ0n) is 21.2. The third kappa shape index (κ3) is 9.34. The van der Waals surface area contributed by atoms with Crippen LogP contribution in [0.5, 0.6) is 5.75 Å². The number of thioether (sulfide) groups is 1. The molecule has 3 aromatic rings. The molecule has 204 valence electrons. The molecule has 3 rings (SSSR count). The lowest BCUT2D eigenvalue weighted by molar-refractivity contribution is -0.192. The van der Waals surface area contributed by atoms with Crippen LogP contribution >= 0.6 is 23.4 Å². The normalized spacial score (nSPS) is 11.2. The van der Waals surface area contributed by atoms with Crippen LogP contribution < -0.4 is 10.1 Å². The number of halogens is 4. The Labute approximate surface area is 224 Å². The predicted molar refractivity (Wildman–Crippen MR) is 144 cm³/mol. The fraction of sp³-hybridized carbons (Fsp3) is 0.462. The summed E-state index contributed by atoms with van der Waals surface area (Å²) in [5.74, 6) is 0.241. The zero-order chi connectivity index (χ0) is 27.4. The van der Waals surface area contributed by atoms with Gasteiger partial charge < -0.3 is 15.2 Å². The van der Waals surface area contributed by atoms with Crippen molar-refractivity contribution >= 4 is 40.8 Å². The minimum absolute atomic E-state index is 0.692. The maximum atomic E-state index is 10.6. The molecule has 0 unspecified atom stereocenters. The Morgan fingerprint density at radius 2 is 1.84 bits per heavy atom. The van der Waals surface area contributed by atoms with E-state index in [2.05, 4.69) is 37.4 Å². The van der Waals surface area contributed by atoms with Crippen molar-refractivity contribution in [2.24, 2.45) is 0 Å². The topological polar surface area (TPSA) is 75.9 Å². The molecule has 0 saturated carbocycles. The van der Waals surface area contributed by atoms with Crippen LogP contribution in [0.3, 0.4) is 0 Å². The van der Waals surface area contributed by atoms with E-state index in [0.29, 0.717) is 5.02 Å². The monoisotopic (exact) mass is 559 g/mol. The van der Waals surface area contributed by atoms with Crippen LogP contribution in [-0.4, -0.2) is 46.0 Å². The molecule has 0 bridgehead atoms. The second kappa shape index (κ2) is 15.0. The van der Waals surface area contributed by atoms with Crippen molar-refractivity contribution in [1.29, 1.82) is 0 Å². The molecule has 0 aliphatic heterocycles. The molecule has 0 spiro atoms. The number of pyridine rings is 1. The van der Waals surface area contributed by atoms with E-state index in [4.69, 9.17) is 31.2 Å². The average Bonchev–Trinajstić information content (AvgIpc) is 3.21. The first-order valence-corrected chi connectivity index (χ1v) is 13.5. The van der Waals surface area contributed by atoms with Crippen molar-refractivity contribution in [2.45, 2.75) is 63.4 Å². The van der Waals surface area contributed by atoms with Crippen LogP contribution in [0, 0.1) is 0 Å². The molecule has 0 amide bonds. The molecule has 0 aliphatic rings. The van der Waals surface area contributed by atoms with Crippen LogP contribution in [0.15, 0.2) is 41.4 Å². The molecule has 2 aromatic heterocycles. The van der Waals surface area contributed by atoms with Crippen LogP contribution in [0.2, 0.25) is 5.02 Å². The Bertz CT molecular complexity index is 1160. The van der Waals surface area contributed by atoms with Crippen LogP contribution in [0.4, 0.5) is 19.0 Å². The van der Waals surface area contributed by atoms with Crippen molar-refractivity contribution in [1.82, 2.24) is 9.38 Å². The van der Waals surface area contributed by atoms with Crippen molar-refractivity contribution in [3.05, 3.63) is 41.6 Å². The number of hydrogen-bond donors (Lipinski definition) is 2. The van der Waals surface area contributed by atoms with E-state index in [1.807, 2.05) is 34.5 Å². The Morgan fingerprint density at radius 3 is 2.46 bits per heavy atom. The second-order valence-electron chi connectivity index (χ2n) is 8.24. The fourth-order valence-electron chi connectivity index (χ4n) is 3.42. The van der Waals surface area contributed by atoms with Gasteiger partial charge in [-0.1, -0.05) is 57.2 Å². The van der Waals surface area contributed by atoms with Crippen molar-refractivity contribution < 1.29 is 27.8 Å². The van der Waals surface area contributed by atoms with E-state index in [1.165, 1.54) is 30.6 Å². The minimum Gasteiger partial charge on any atom is -0.496 e. The van der Waals surface area contributed by atoms with Crippen LogP contribution in [0.25, 0.3) is 16.9 Å². The number of rotatable bonds is 12. The number of alkyl halides is 3. The molecule has 0 atom stereocenters. The van der Waals surface area contributed by atoms with E-state index >= 15 is 0 Å². The first-order chi connectivity index (χ1) is 17.6. The molecule has 1 aromatic carbocycles. The summed E-state index contributed by atoms with van der Waals surface area (Å²) in [6, 6.07) is 10.2. The number of hydrogen-bond acceptors (Lipinski definition) is 5. The molecular formula is C26H33ClF3N3O3S. The number of unbranched alkanes of at least 4 members (excludes halogenated alkanes) is 4. The number of anilines is 1. The van der Waals surface area contributed by atoms with Gasteiger partial charge in [0.2, 0.25) is 0 Å². The number of ether oxygens (including phenoxy) is 1. The number of carboxylic acid groups (broad SMARTS) is 1. The quantitative estimate of drug-likeness (QED) is 0.172. The average molecular weight is 560 g/mol. The lowest BCUT2D eigenvalue weighted by Gasteiger charge is -2.12. The second-order valence-corrected chi connectivity index (χ2v) is 9.82. The molecule has 11 heteroatoms. The first kappa shape index (κ1) is 30.6. The number of benzene rings is 1. The molecular weight excluding hydrogens is 527 g/mol. The van der Waals surface area contributed by atoms with Crippen molar-refractivity contribution in [3.8, 4) is 17.0 Å². The summed E-state index contributed by atoms with van der Waals surface area (Å²) in [4.78, 5) is 15.0. The van der Waals surface area contributed by atoms with Crippen LogP contribution in [-0.2, 0) is 4.79 Å². The number of nitrogens with zero attached hydrogens (tertiary/aromatic N) is 2. The highest BCUT2D eigenvalue weighted by Crippen LogP contribution is 2.37. The number of carbonyl (C=O) groups is 1. The number of imidazole rings is 1. The number of aliphatic carboxylic acids is 1. The Hall–Kier alpha value is -2.59. The minimum atomic E-state index is -5.08. The highest BCUT2D eigenvalue weighted by atomic mass is 35.5. The lowest BCUT2D eigenvalue weighted by Crippen LogP contribution is -2.21. The van der Waals surface area contributed by atoms with Crippen molar-refractivity contribution in [2.75, 3.05) is 24.7 Å². The third-order valence-electron chi connectivity index (χ3n) is 5.34. The largest absolute Gasteiger partial charge is 0.496 e. The van der Waals surface area contributed by atoms with E-state index in [-0.39, 0.29) is 0 Å². The Balaban J connectivity index is 0.000000604. The van der Waals surface area contributed by atoms with E-state index in [9.17, 15) is 13.2 Å². The van der Waals surface area contributed by atoms with E-state index in [1.54, 1.807) is 7.11 Å². The number of carboxylic acids is 1. The first-order valence-electron chi connectivity index (χ1n) is 12.1. The summed E-state index contributed by atoms with van der Waals surface area (Å²) < 4.78 is 39.5. The van der Waals surface area contributed by atoms with Gasteiger partial charge in [0.05, 0.1) is 12.1 Å². The van der Waals surface area contributed by atoms with Gasteiger partial charge >= 0.3 is 12.1 Å². The van der Waals surface area contributed by atoms with Gasteiger partial charge in [-0.25, -0.2) is 9.78 Å². The highest BCUT2D eigenvalue weighted by molar-refractivity contribution is 7.99. The number of nitrogens with one attached hydrogen (secondary N) is 1. The number of methoxy groups -OCH3 is 1. The fourth-order valence-corrected chi connectivity index (χ4v) is 4.60. The van der Waals surface area contributed by atoms with Gasteiger partial charge in [0.1, 0.15) is 22.9 Å². The van der Waals surface area contributed by atoms with Gasteiger partial charge in [-0.2, -0.15) is 13.2 Å². The van der Waals surface area contributed by atoms with Gasteiger partial charge in [0, 0.05) is 23.2 Å². The third-order valence-corrected chi connectivity index (χ3v) is 6.70.